The van der Waals surface area contributed by atoms with Crippen molar-refractivity contribution in [3.05, 3.63) is 171 Å². The van der Waals surface area contributed by atoms with E-state index in [-0.39, 0.29) is 29.3 Å². The summed E-state index contributed by atoms with van der Waals surface area (Å²) in [6.45, 7) is 0.880. The first-order chi connectivity index (χ1) is 25.5. The van der Waals surface area contributed by atoms with E-state index in [9.17, 15) is 18.0 Å². The van der Waals surface area contributed by atoms with Crippen molar-refractivity contribution >= 4 is 16.8 Å². The molecule has 0 bridgehead atoms. The van der Waals surface area contributed by atoms with Gasteiger partial charge in [0.15, 0.2) is 5.58 Å². The van der Waals surface area contributed by atoms with Gasteiger partial charge in [-0.05, 0) is 53.8 Å². The van der Waals surface area contributed by atoms with Crippen LogP contribution in [0, 0.1) is 11.6 Å². The van der Waals surface area contributed by atoms with Crippen LogP contribution in [0.15, 0.2) is 124 Å². The molecule has 0 amide bonds. The molecule has 5 aromatic carbocycles. The van der Waals surface area contributed by atoms with Crippen LogP contribution < -0.4 is 16.4 Å². The third-order valence-corrected chi connectivity index (χ3v) is 10.3. The van der Waals surface area contributed by atoms with Gasteiger partial charge in [0.05, 0.1) is 24.1 Å². The third-order valence-electron chi connectivity index (χ3n) is 10.3. The largest absolute Gasteiger partial charge is 0.421 e. The summed E-state index contributed by atoms with van der Waals surface area (Å²) in [5, 5.41) is 4.29. The Hall–Kier alpha value is -5.26. The third kappa shape index (κ3) is 5.68. The van der Waals surface area contributed by atoms with Gasteiger partial charge >= 0.3 is 11.9 Å². The number of hydrogen-bond acceptors (Lipinski definition) is 5. The summed E-state index contributed by atoms with van der Waals surface area (Å²) in [5.74, 6) is -2.73. The lowest BCUT2D eigenvalue weighted by molar-refractivity contribution is -0.155. The Morgan fingerprint density at radius 3 is 1.88 bits per heavy atom. The molecule has 266 valence electrons. The highest BCUT2D eigenvalue weighted by atomic mass is 19.4. The van der Waals surface area contributed by atoms with E-state index in [4.69, 9.17) is 5.83 Å². The fraction of sp³-hybridized carbons (Fsp3) is 0.244. The van der Waals surface area contributed by atoms with Gasteiger partial charge in [0.1, 0.15) is 18.6 Å². The van der Waals surface area contributed by atoms with Crippen molar-refractivity contribution in [1.29, 1.82) is 0 Å². The van der Waals surface area contributed by atoms with E-state index in [1.165, 1.54) is 5.31 Å². The molecular formula is C41H35F5N4O2. The molecule has 2 atom stereocenters. The van der Waals surface area contributed by atoms with E-state index in [0.717, 1.165) is 33.7 Å². The minimum absolute atomic E-state index is 0.0232. The molecule has 0 unspecified atom stereocenters. The second kappa shape index (κ2) is 13.1. The van der Waals surface area contributed by atoms with Crippen LogP contribution >= 0.6 is 0 Å². The first kappa shape index (κ1) is 32.6. The van der Waals surface area contributed by atoms with Gasteiger partial charge < -0.3 is 15.0 Å². The first-order valence-corrected chi connectivity index (χ1v) is 17.1. The first-order valence-electron chi connectivity index (χ1n) is 17.6. The Balaban J connectivity index is 1.36. The fourth-order valence-corrected chi connectivity index (χ4v) is 8.00. The highest BCUT2D eigenvalue weighted by molar-refractivity contribution is 5.81. The van der Waals surface area contributed by atoms with E-state index >= 15 is 8.78 Å². The predicted octanol–water partition coefficient (Wildman–Crippen LogP) is 7.99. The second-order valence-electron chi connectivity index (χ2n) is 13.5. The maximum atomic E-state index is 16.2. The van der Waals surface area contributed by atoms with Crippen molar-refractivity contribution < 1.29 is 27.8 Å². The molecular weight excluding hydrogens is 675 g/mol. The lowest BCUT2D eigenvalue weighted by Gasteiger charge is -2.42. The number of nitrogens with zero attached hydrogens (tertiary/aromatic N) is 2. The van der Waals surface area contributed by atoms with Crippen molar-refractivity contribution in [1.82, 2.24) is 14.8 Å². The van der Waals surface area contributed by atoms with Gasteiger partial charge in [-0.2, -0.15) is 13.2 Å². The van der Waals surface area contributed by atoms with Crippen LogP contribution in [0.2, 0.25) is 1.41 Å². The molecule has 0 radical (unpaired) electrons. The molecule has 2 aliphatic heterocycles. The number of benzene rings is 5. The number of fused-ring (bicyclic) bond motifs is 3. The average Bonchev–Trinajstić information content (AvgIpc) is 3.46. The summed E-state index contributed by atoms with van der Waals surface area (Å²) in [5.41, 5.74) is 1.78. The normalized spacial score (nSPS) is 18.9. The molecule has 3 heterocycles. The SMILES string of the molecule is [2H]N1CC(Nc2cc(F)c([C@@H]3c4ccc5c(oc(=O)n5C(c5ccccc5)(c5ccccc5)c5ccccc5)c4C[C@@H](C)N3CC(F)(F)F)c(F)c2)C1. The van der Waals surface area contributed by atoms with Gasteiger partial charge in [0.2, 0.25) is 0 Å². The van der Waals surface area contributed by atoms with Crippen molar-refractivity contribution in [3.8, 4) is 0 Å². The smallest absolute Gasteiger partial charge is 0.407 e. The van der Waals surface area contributed by atoms with Crippen molar-refractivity contribution in [2.45, 2.75) is 43.2 Å². The van der Waals surface area contributed by atoms with E-state index in [0.29, 0.717) is 24.2 Å². The minimum Gasteiger partial charge on any atom is -0.407 e. The highest BCUT2D eigenvalue weighted by Gasteiger charge is 2.46. The lowest BCUT2D eigenvalue weighted by atomic mass is 9.76. The number of nitrogens with one attached hydrogen (secondary N) is 2. The van der Waals surface area contributed by atoms with Gasteiger partial charge in [-0.1, -0.05) is 97.1 Å². The zero-order valence-electron chi connectivity index (χ0n) is 29.1. The predicted molar refractivity (Wildman–Crippen MR) is 189 cm³/mol. The monoisotopic (exact) mass is 711 g/mol. The molecule has 52 heavy (non-hydrogen) atoms. The molecule has 0 spiro atoms. The molecule has 8 rings (SSSR count). The van der Waals surface area contributed by atoms with E-state index in [1.807, 2.05) is 91.0 Å². The Kier molecular flexibility index (Phi) is 8.19. The fourth-order valence-electron chi connectivity index (χ4n) is 8.00. The summed E-state index contributed by atoms with van der Waals surface area (Å²) in [6, 6.07) is 31.3. The number of hydrogen-bond donors (Lipinski definition) is 2. The Morgan fingerprint density at radius 2 is 1.38 bits per heavy atom. The molecule has 1 fully saturated rings. The maximum Gasteiger partial charge on any atom is 0.421 e. The quantitative estimate of drug-likeness (QED) is 0.124. The van der Waals surface area contributed by atoms with Crippen LogP contribution in [0.3, 0.4) is 0 Å². The van der Waals surface area contributed by atoms with Gasteiger partial charge in [0.25, 0.3) is 0 Å². The molecule has 6 nitrogen and oxygen atoms in total. The van der Waals surface area contributed by atoms with E-state index in [2.05, 4.69) is 5.32 Å². The summed E-state index contributed by atoms with van der Waals surface area (Å²) in [7, 11) is 0. The van der Waals surface area contributed by atoms with E-state index < -0.39 is 53.3 Å². The molecule has 11 heteroatoms. The van der Waals surface area contributed by atoms with E-state index in [1.54, 1.807) is 23.6 Å². The van der Waals surface area contributed by atoms with Crippen LogP contribution in [0.1, 0.15) is 46.3 Å². The van der Waals surface area contributed by atoms with Gasteiger partial charge in [-0.15, -0.1) is 0 Å². The van der Waals surface area contributed by atoms with Crippen LogP contribution in [0.25, 0.3) is 11.1 Å². The number of oxazole rings is 1. The molecule has 1 aromatic heterocycles. The summed E-state index contributed by atoms with van der Waals surface area (Å²) in [4.78, 5) is 15.5. The Labute approximate surface area is 298 Å². The van der Waals surface area contributed by atoms with Crippen LogP contribution in [-0.4, -0.2) is 47.4 Å². The highest BCUT2D eigenvalue weighted by Crippen LogP contribution is 2.47. The molecule has 6 aromatic rings. The van der Waals surface area contributed by atoms with Crippen molar-refractivity contribution in [3.63, 3.8) is 0 Å². The Morgan fingerprint density at radius 1 is 0.846 bits per heavy atom. The standard InChI is InChI=1S/C41H35F5N4O2/c1-25-19-32-31(37(49(25)24-40(44,45)46)36-33(42)20-29(21-34(36)43)48-30-22-47-23-30)17-18-35-38(32)52-39(51)50(35)41(26-11-5-2-6-12-26,27-13-7-3-8-14-27)28-15-9-4-10-16-28/h2-18,20-21,25,30,37,47-48H,19,22-24H2,1H3/t25-,37+/m1/s1/i/hD. The summed E-state index contributed by atoms with van der Waals surface area (Å²) in [6.07, 6.45) is -4.65. The zero-order chi connectivity index (χ0) is 37.1. The van der Waals surface area contributed by atoms with Crippen LogP contribution in [-0.2, 0) is 12.0 Å². The minimum atomic E-state index is -4.68. The summed E-state index contributed by atoms with van der Waals surface area (Å²) < 4.78 is 90.1. The molecule has 1 saturated heterocycles. The molecule has 2 N–H and O–H groups in total. The zero-order valence-corrected chi connectivity index (χ0v) is 28.1. The van der Waals surface area contributed by atoms with Crippen molar-refractivity contribution in [2.75, 3.05) is 25.0 Å². The molecule has 0 saturated carbocycles. The number of rotatable bonds is 8. The lowest BCUT2D eigenvalue weighted by Crippen LogP contribution is -2.51. The van der Waals surface area contributed by atoms with Crippen LogP contribution in [0.5, 0.6) is 0 Å². The van der Waals surface area contributed by atoms with Gasteiger partial charge in [-0.25, -0.2) is 13.6 Å². The van der Waals surface area contributed by atoms with Gasteiger partial charge in [0, 0.05) is 35.9 Å². The number of alkyl halides is 3. The Bertz CT molecular complexity index is 2210. The van der Waals surface area contributed by atoms with Crippen molar-refractivity contribution in [2.24, 2.45) is 0 Å². The summed E-state index contributed by atoms with van der Waals surface area (Å²) >= 11 is 0. The number of aromatic nitrogens is 1. The number of halogens is 5. The van der Waals surface area contributed by atoms with Gasteiger partial charge in [-0.3, -0.25) is 9.47 Å². The topological polar surface area (TPSA) is 62.4 Å². The average molecular weight is 712 g/mol. The molecule has 2 aliphatic rings. The van der Waals surface area contributed by atoms with Crippen LogP contribution in [0.4, 0.5) is 27.6 Å². The number of anilines is 1. The second-order valence-corrected chi connectivity index (χ2v) is 13.5. The molecule has 0 aliphatic carbocycles. The maximum absolute atomic E-state index is 16.2.